The molecule has 0 heterocycles. The van der Waals surface area contributed by atoms with E-state index in [1.807, 2.05) is 31.2 Å². The summed E-state index contributed by atoms with van der Waals surface area (Å²) in [5.74, 6) is 0.146. The highest BCUT2D eigenvalue weighted by molar-refractivity contribution is 6.30. The van der Waals surface area contributed by atoms with Gasteiger partial charge in [-0.2, -0.15) is 0 Å². The minimum atomic E-state index is -0.152. The van der Waals surface area contributed by atoms with Crippen molar-refractivity contribution >= 4 is 17.5 Å². The molecule has 3 nitrogen and oxygen atoms in total. The number of hydrogen-bond acceptors (Lipinski definition) is 2. The molecule has 0 spiro atoms. The van der Waals surface area contributed by atoms with Crippen LogP contribution >= 0.6 is 11.6 Å². The average molecular weight is 283 g/mol. The third-order valence-electron chi connectivity index (χ3n) is 3.01. The lowest BCUT2D eigenvalue weighted by atomic mass is 9.87. The zero-order valence-electron chi connectivity index (χ0n) is 11.9. The maximum Gasteiger partial charge on any atom is 0.227 e. The quantitative estimate of drug-likeness (QED) is 0.755. The number of halogens is 1. The molecule has 0 bridgehead atoms. The van der Waals surface area contributed by atoms with Crippen LogP contribution in [0.1, 0.15) is 32.3 Å². The molecular weight excluding hydrogens is 260 g/mol. The second-order valence-corrected chi connectivity index (χ2v) is 5.36. The first kappa shape index (κ1) is 16.0. The molecule has 0 aliphatic heterocycles. The Hall–Kier alpha value is -1.06. The molecule has 4 heteroatoms. The normalized spacial score (nSPS) is 12.5. The van der Waals surface area contributed by atoms with Crippen LogP contribution in [0.25, 0.3) is 0 Å². The molecule has 0 saturated heterocycles. The molecule has 0 aliphatic carbocycles. The molecule has 0 fully saturated rings. The Morgan fingerprint density at radius 2 is 2.05 bits per heavy atom. The number of amides is 1. The number of likely N-dealkylation sites (N-methyl/N-ethyl adjacent to an activating group) is 1. The Morgan fingerprint density at radius 1 is 1.32 bits per heavy atom. The summed E-state index contributed by atoms with van der Waals surface area (Å²) in [7, 11) is 0. The molecule has 1 atom stereocenters. The maximum absolute atomic E-state index is 12.3. The molecule has 1 unspecified atom stereocenters. The van der Waals surface area contributed by atoms with E-state index >= 15 is 0 Å². The summed E-state index contributed by atoms with van der Waals surface area (Å²) in [6.07, 6.45) is 0. The van der Waals surface area contributed by atoms with Crippen molar-refractivity contribution in [3.63, 3.8) is 0 Å². The van der Waals surface area contributed by atoms with Gasteiger partial charge in [0.1, 0.15) is 0 Å². The van der Waals surface area contributed by atoms with Crippen LogP contribution in [0, 0.1) is 5.92 Å². The summed E-state index contributed by atoms with van der Waals surface area (Å²) < 4.78 is 0. The topological polar surface area (TPSA) is 41.1 Å². The van der Waals surface area contributed by atoms with Crippen molar-refractivity contribution in [3.8, 4) is 0 Å². The van der Waals surface area contributed by atoms with Gasteiger partial charge in [-0.05, 0) is 30.2 Å². The van der Waals surface area contributed by atoms with Gasteiger partial charge in [0.25, 0.3) is 0 Å². The number of carbonyl (C=O) groups is 1. The first-order chi connectivity index (χ1) is 9.06. The minimum absolute atomic E-state index is 0.0650. The Morgan fingerprint density at radius 3 is 2.63 bits per heavy atom. The van der Waals surface area contributed by atoms with E-state index in [2.05, 4.69) is 24.5 Å². The molecule has 1 aromatic carbocycles. The molecule has 2 N–H and O–H groups in total. The number of benzene rings is 1. The smallest absolute Gasteiger partial charge is 0.227 e. The highest BCUT2D eigenvalue weighted by atomic mass is 35.5. The number of nitrogens with one attached hydrogen (secondary N) is 2. The van der Waals surface area contributed by atoms with Crippen LogP contribution in [0.15, 0.2) is 24.3 Å². The van der Waals surface area contributed by atoms with Crippen molar-refractivity contribution in [1.82, 2.24) is 10.6 Å². The number of hydrogen-bond donors (Lipinski definition) is 2. The Balaban J connectivity index is 2.69. The monoisotopic (exact) mass is 282 g/mol. The molecule has 1 aromatic rings. The van der Waals surface area contributed by atoms with E-state index in [0.717, 1.165) is 18.7 Å². The Kier molecular flexibility index (Phi) is 6.89. The van der Waals surface area contributed by atoms with Gasteiger partial charge in [0.2, 0.25) is 5.91 Å². The summed E-state index contributed by atoms with van der Waals surface area (Å²) in [4.78, 5) is 12.3. The highest BCUT2D eigenvalue weighted by Crippen LogP contribution is 2.26. The summed E-state index contributed by atoms with van der Waals surface area (Å²) in [6, 6.07) is 7.54. The van der Waals surface area contributed by atoms with Crippen LogP contribution in [0.2, 0.25) is 5.02 Å². The molecule has 19 heavy (non-hydrogen) atoms. The van der Waals surface area contributed by atoms with E-state index < -0.39 is 0 Å². The van der Waals surface area contributed by atoms with Crippen molar-refractivity contribution in [1.29, 1.82) is 0 Å². The van der Waals surface area contributed by atoms with E-state index in [0.29, 0.717) is 11.6 Å². The molecule has 0 aromatic heterocycles. The minimum Gasteiger partial charge on any atom is -0.354 e. The van der Waals surface area contributed by atoms with Gasteiger partial charge in [-0.1, -0.05) is 44.5 Å². The van der Waals surface area contributed by atoms with E-state index in [-0.39, 0.29) is 17.7 Å². The summed E-state index contributed by atoms with van der Waals surface area (Å²) in [6.45, 7) is 8.51. The predicted molar refractivity (Wildman–Crippen MR) is 80.6 cm³/mol. The Labute approximate surface area is 120 Å². The van der Waals surface area contributed by atoms with Crippen LogP contribution in [0.4, 0.5) is 0 Å². The van der Waals surface area contributed by atoms with Gasteiger partial charge in [-0.3, -0.25) is 4.79 Å². The fourth-order valence-corrected chi connectivity index (χ4v) is 2.30. The number of carbonyl (C=O) groups excluding carboxylic acids is 1. The van der Waals surface area contributed by atoms with E-state index in [1.165, 1.54) is 0 Å². The van der Waals surface area contributed by atoms with E-state index in [4.69, 9.17) is 11.6 Å². The van der Waals surface area contributed by atoms with Crippen LogP contribution in [0.5, 0.6) is 0 Å². The average Bonchev–Trinajstić information content (AvgIpc) is 2.34. The van der Waals surface area contributed by atoms with Gasteiger partial charge >= 0.3 is 0 Å². The van der Waals surface area contributed by atoms with Gasteiger partial charge in [0, 0.05) is 18.1 Å². The third kappa shape index (κ3) is 5.21. The van der Waals surface area contributed by atoms with Crippen molar-refractivity contribution in [2.45, 2.75) is 26.7 Å². The predicted octanol–water partition coefficient (Wildman–Crippen LogP) is 2.81. The van der Waals surface area contributed by atoms with E-state index in [9.17, 15) is 4.79 Å². The van der Waals surface area contributed by atoms with Crippen molar-refractivity contribution in [2.75, 3.05) is 19.6 Å². The van der Waals surface area contributed by atoms with E-state index in [1.54, 1.807) is 0 Å². The SMILES string of the molecule is CCNCCNC(=O)C(c1cccc(Cl)c1)C(C)C. The summed E-state index contributed by atoms with van der Waals surface area (Å²) in [5, 5.41) is 6.83. The van der Waals surface area contributed by atoms with Crippen molar-refractivity contribution in [2.24, 2.45) is 5.92 Å². The lowest BCUT2D eigenvalue weighted by molar-refractivity contribution is -0.123. The fourth-order valence-electron chi connectivity index (χ4n) is 2.10. The molecule has 1 rings (SSSR count). The molecular formula is C15H23ClN2O. The first-order valence-corrected chi connectivity index (χ1v) is 7.18. The first-order valence-electron chi connectivity index (χ1n) is 6.80. The van der Waals surface area contributed by atoms with Crippen molar-refractivity contribution in [3.05, 3.63) is 34.9 Å². The zero-order chi connectivity index (χ0) is 14.3. The van der Waals surface area contributed by atoms with Gasteiger partial charge in [0.15, 0.2) is 0 Å². The number of rotatable bonds is 7. The van der Waals surface area contributed by atoms with Gasteiger partial charge < -0.3 is 10.6 Å². The zero-order valence-corrected chi connectivity index (χ0v) is 12.6. The molecule has 106 valence electrons. The summed E-state index contributed by atoms with van der Waals surface area (Å²) >= 11 is 6.00. The third-order valence-corrected chi connectivity index (χ3v) is 3.24. The van der Waals surface area contributed by atoms with Crippen LogP contribution in [0.3, 0.4) is 0 Å². The summed E-state index contributed by atoms with van der Waals surface area (Å²) in [5.41, 5.74) is 0.975. The van der Waals surface area contributed by atoms with Crippen LogP contribution in [-0.4, -0.2) is 25.5 Å². The lowest BCUT2D eigenvalue weighted by Crippen LogP contribution is -2.36. The largest absolute Gasteiger partial charge is 0.354 e. The second-order valence-electron chi connectivity index (χ2n) is 4.92. The molecule has 0 radical (unpaired) electrons. The standard InChI is InChI=1S/C15H23ClN2O/c1-4-17-8-9-18-15(19)14(11(2)3)12-6-5-7-13(16)10-12/h5-7,10-11,14,17H,4,8-9H2,1-3H3,(H,18,19). The van der Waals surface area contributed by atoms with Crippen LogP contribution in [-0.2, 0) is 4.79 Å². The van der Waals surface area contributed by atoms with Crippen LogP contribution < -0.4 is 10.6 Å². The maximum atomic E-state index is 12.3. The van der Waals surface area contributed by atoms with Gasteiger partial charge in [0.05, 0.1) is 5.92 Å². The second kappa shape index (κ2) is 8.18. The molecule has 1 amide bonds. The van der Waals surface area contributed by atoms with Gasteiger partial charge in [-0.25, -0.2) is 0 Å². The molecule has 0 saturated carbocycles. The van der Waals surface area contributed by atoms with Gasteiger partial charge in [-0.15, -0.1) is 0 Å². The lowest BCUT2D eigenvalue weighted by Gasteiger charge is -2.21. The Bertz CT molecular complexity index is 407. The fraction of sp³-hybridized carbons (Fsp3) is 0.533. The van der Waals surface area contributed by atoms with Crippen molar-refractivity contribution < 1.29 is 4.79 Å². The highest BCUT2D eigenvalue weighted by Gasteiger charge is 2.23. The molecule has 0 aliphatic rings.